The average Bonchev–Trinajstić information content (AvgIpc) is 2.64. The van der Waals surface area contributed by atoms with E-state index in [2.05, 4.69) is 5.32 Å². The normalized spacial score (nSPS) is 11.7. The molecule has 4 nitrogen and oxygen atoms in total. The molecule has 0 spiro atoms. The molecule has 0 unspecified atom stereocenters. The lowest BCUT2D eigenvalue weighted by Crippen LogP contribution is -2.48. The molecule has 26 heavy (non-hydrogen) atoms. The average molecular weight is 356 g/mol. The lowest BCUT2D eigenvalue weighted by atomic mass is 10.0. The lowest BCUT2D eigenvalue weighted by Gasteiger charge is -2.31. The van der Waals surface area contributed by atoms with Crippen molar-refractivity contribution in [2.75, 3.05) is 7.05 Å². The summed E-state index contributed by atoms with van der Waals surface area (Å²) in [7, 11) is 1.57. The van der Waals surface area contributed by atoms with Crippen LogP contribution >= 0.6 is 0 Å². The number of hydrogen-bond acceptors (Lipinski definition) is 2. The summed E-state index contributed by atoms with van der Waals surface area (Å²) in [5.41, 5.74) is 2.79. The molecule has 0 aliphatic heterocycles. The Morgan fingerprint density at radius 1 is 1.12 bits per heavy atom. The number of hydrogen-bond donors (Lipinski definition) is 1. The number of nitrogens with one attached hydrogen (secondary N) is 1. The molecule has 1 N–H and O–H groups in total. The highest BCUT2D eigenvalue weighted by atomic mass is 19.1. The van der Waals surface area contributed by atoms with Gasteiger partial charge in [-0.15, -0.1) is 0 Å². The summed E-state index contributed by atoms with van der Waals surface area (Å²) in [6.45, 7) is 4.23. The maximum absolute atomic E-state index is 13.1. The molecule has 0 radical (unpaired) electrons. The quantitative estimate of drug-likeness (QED) is 0.828. The summed E-state index contributed by atoms with van der Waals surface area (Å²) in [5.74, 6) is -0.682. The Labute approximate surface area is 154 Å². The minimum atomic E-state index is -0.549. The van der Waals surface area contributed by atoms with Crippen LogP contribution in [0.4, 0.5) is 4.39 Å². The van der Waals surface area contributed by atoms with Crippen LogP contribution in [-0.4, -0.2) is 29.8 Å². The van der Waals surface area contributed by atoms with E-state index >= 15 is 0 Å². The van der Waals surface area contributed by atoms with Crippen LogP contribution in [0, 0.1) is 12.7 Å². The fraction of sp³-hybridized carbons (Fsp3) is 0.333. The van der Waals surface area contributed by atoms with E-state index in [0.717, 1.165) is 16.7 Å². The summed E-state index contributed by atoms with van der Waals surface area (Å²) in [6, 6.07) is 13.1. The van der Waals surface area contributed by atoms with Crippen molar-refractivity contribution in [2.24, 2.45) is 0 Å². The number of carbonyl (C=O) groups excluding carboxylic acids is 2. The highest BCUT2D eigenvalue weighted by molar-refractivity contribution is 5.88. The maximum atomic E-state index is 13.1. The first kappa shape index (κ1) is 19.6. The van der Waals surface area contributed by atoms with Gasteiger partial charge in [0.2, 0.25) is 11.8 Å². The van der Waals surface area contributed by atoms with Crippen LogP contribution in [0.25, 0.3) is 0 Å². The summed E-state index contributed by atoms with van der Waals surface area (Å²) in [6.07, 6.45) is 0.639. The smallest absolute Gasteiger partial charge is 0.242 e. The van der Waals surface area contributed by atoms with Crippen LogP contribution in [0.15, 0.2) is 48.5 Å². The van der Waals surface area contributed by atoms with E-state index in [9.17, 15) is 14.0 Å². The third kappa shape index (κ3) is 4.91. The second-order valence-corrected chi connectivity index (χ2v) is 6.29. The zero-order valence-corrected chi connectivity index (χ0v) is 15.5. The van der Waals surface area contributed by atoms with E-state index in [-0.39, 0.29) is 24.1 Å². The van der Waals surface area contributed by atoms with Crippen molar-refractivity contribution in [3.63, 3.8) is 0 Å². The van der Waals surface area contributed by atoms with Crippen molar-refractivity contribution in [2.45, 2.75) is 39.3 Å². The van der Waals surface area contributed by atoms with Crippen molar-refractivity contribution in [3.05, 3.63) is 71.0 Å². The van der Waals surface area contributed by atoms with Gasteiger partial charge in [-0.25, -0.2) is 4.39 Å². The number of amides is 2. The monoisotopic (exact) mass is 356 g/mol. The van der Waals surface area contributed by atoms with E-state index in [1.807, 2.05) is 38.1 Å². The molecule has 0 saturated heterocycles. The molecule has 0 aliphatic rings. The zero-order valence-electron chi connectivity index (χ0n) is 15.5. The topological polar surface area (TPSA) is 49.4 Å². The Kier molecular flexibility index (Phi) is 6.89. The first-order valence-corrected chi connectivity index (χ1v) is 8.76. The van der Waals surface area contributed by atoms with E-state index < -0.39 is 6.04 Å². The van der Waals surface area contributed by atoms with Gasteiger partial charge in [0, 0.05) is 13.6 Å². The van der Waals surface area contributed by atoms with E-state index in [1.165, 1.54) is 12.1 Å². The fourth-order valence-electron chi connectivity index (χ4n) is 2.94. The lowest BCUT2D eigenvalue weighted by molar-refractivity contribution is -0.140. The van der Waals surface area contributed by atoms with Crippen molar-refractivity contribution >= 4 is 11.8 Å². The van der Waals surface area contributed by atoms with Crippen LogP contribution in [0.1, 0.15) is 30.0 Å². The van der Waals surface area contributed by atoms with Crippen LogP contribution in [0.3, 0.4) is 0 Å². The van der Waals surface area contributed by atoms with Crippen molar-refractivity contribution < 1.29 is 14.0 Å². The van der Waals surface area contributed by atoms with Crippen molar-refractivity contribution in [1.82, 2.24) is 10.2 Å². The first-order chi connectivity index (χ1) is 12.5. The number of nitrogens with zero attached hydrogens (tertiary/aromatic N) is 1. The Balaban J connectivity index is 2.29. The van der Waals surface area contributed by atoms with Gasteiger partial charge in [0.1, 0.15) is 11.9 Å². The first-order valence-electron chi connectivity index (χ1n) is 8.76. The van der Waals surface area contributed by atoms with Gasteiger partial charge in [-0.05, 0) is 42.2 Å². The maximum Gasteiger partial charge on any atom is 0.242 e. The third-order valence-corrected chi connectivity index (χ3v) is 4.50. The molecular weight excluding hydrogens is 331 g/mol. The Bertz CT molecular complexity index is 759. The number of benzene rings is 2. The molecule has 0 heterocycles. The van der Waals surface area contributed by atoms with E-state index in [0.29, 0.717) is 13.0 Å². The van der Waals surface area contributed by atoms with Crippen LogP contribution in [-0.2, 0) is 22.6 Å². The van der Waals surface area contributed by atoms with Crippen molar-refractivity contribution in [1.29, 1.82) is 0 Å². The van der Waals surface area contributed by atoms with Crippen LogP contribution in [0.5, 0.6) is 0 Å². The van der Waals surface area contributed by atoms with E-state index in [4.69, 9.17) is 0 Å². The molecule has 0 aliphatic carbocycles. The molecule has 0 saturated carbocycles. The minimum Gasteiger partial charge on any atom is -0.357 e. The predicted molar refractivity (Wildman–Crippen MR) is 100.0 cm³/mol. The van der Waals surface area contributed by atoms with Crippen molar-refractivity contribution in [3.8, 4) is 0 Å². The second kappa shape index (κ2) is 9.13. The van der Waals surface area contributed by atoms with Gasteiger partial charge in [0.25, 0.3) is 0 Å². The number of aryl methyl sites for hydroxylation is 1. The van der Waals surface area contributed by atoms with Gasteiger partial charge >= 0.3 is 0 Å². The highest BCUT2D eigenvalue weighted by Gasteiger charge is 2.28. The Hall–Kier alpha value is -2.69. The molecule has 5 heteroatoms. The molecule has 138 valence electrons. The van der Waals surface area contributed by atoms with Gasteiger partial charge in [0.15, 0.2) is 0 Å². The predicted octanol–water partition coefficient (Wildman–Crippen LogP) is 3.23. The standard InChI is InChI=1S/C21H25FN2O2/c1-4-19(21(26)23-3)24(14-17-8-6-5-7-15(17)2)20(25)13-16-9-11-18(22)12-10-16/h5-12,19H,4,13-14H2,1-3H3,(H,23,26)/t19-/m1/s1. The molecule has 2 rings (SSSR count). The molecule has 2 amide bonds. The van der Waals surface area contributed by atoms with Gasteiger partial charge in [-0.1, -0.05) is 43.3 Å². The molecule has 0 bridgehead atoms. The number of carbonyl (C=O) groups is 2. The summed E-state index contributed by atoms with van der Waals surface area (Å²) in [4.78, 5) is 26.9. The van der Waals surface area contributed by atoms with Gasteiger partial charge in [0.05, 0.1) is 6.42 Å². The fourth-order valence-corrected chi connectivity index (χ4v) is 2.94. The summed E-state index contributed by atoms with van der Waals surface area (Å²) in [5, 5.41) is 2.64. The Morgan fingerprint density at radius 3 is 2.35 bits per heavy atom. The number of rotatable bonds is 7. The highest BCUT2D eigenvalue weighted by Crippen LogP contribution is 2.17. The SMILES string of the molecule is CC[C@H](C(=O)NC)N(Cc1ccccc1C)C(=O)Cc1ccc(F)cc1. The van der Waals surface area contributed by atoms with Gasteiger partial charge < -0.3 is 10.2 Å². The summed E-state index contributed by atoms with van der Waals surface area (Å²) < 4.78 is 13.1. The largest absolute Gasteiger partial charge is 0.357 e. The molecule has 1 atom stereocenters. The molecule has 2 aromatic carbocycles. The third-order valence-electron chi connectivity index (χ3n) is 4.50. The van der Waals surface area contributed by atoms with E-state index in [1.54, 1.807) is 24.1 Å². The minimum absolute atomic E-state index is 0.125. The van der Waals surface area contributed by atoms with Crippen LogP contribution < -0.4 is 5.32 Å². The van der Waals surface area contributed by atoms with Crippen LogP contribution in [0.2, 0.25) is 0 Å². The Morgan fingerprint density at radius 2 is 1.77 bits per heavy atom. The van der Waals surface area contributed by atoms with Gasteiger partial charge in [-0.3, -0.25) is 9.59 Å². The molecule has 2 aromatic rings. The molecular formula is C21H25FN2O2. The summed E-state index contributed by atoms with van der Waals surface area (Å²) >= 11 is 0. The number of halogens is 1. The number of likely N-dealkylation sites (N-methyl/N-ethyl adjacent to an activating group) is 1. The molecule has 0 fully saturated rings. The molecule has 0 aromatic heterocycles. The second-order valence-electron chi connectivity index (χ2n) is 6.29. The van der Waals surface area contributed by atoms with Gasteiger partial charge in [-0.2, -0.15) is 0 Å². The zero-order chi connectivity index (χ0) is 19.1.